The molecule has 0 aliphatic rings. The molecule has 0 aliphatic heterocycles. The zero-order valence-corrected chi connectivity index (χ0v) is 10.6. The highest BCUT2D eigenvalue weighted by molar-refractivity contribution is 5.85. The van der Waals surface area contributed by atoms with E-state index >= 15 is 0 Å². The number of hydrogen-bond donors (Lipinski definition) is 0. The average molecular weight is 304 g/mol. The lowest BCUT2D eigenvalue weighted by molar-refractivity contribution is -0.139. The zero-order chi connectivity index (χ0) is 15.6. The number of carbonyl (C=O) groups excluding carboxylic acids is 1. The maximum atomic E-state index is 13.2. The molecule has 0 bridgehead atoms. The van der Waals surface area contributed by atoms with E-state index in [0.29, 0.717) is 12.1 Å². The van der Waals surface area contributed by atoms with E-state index in [9.17, 15) is 22.4 Å². The highest BCUT2D eigenvalue weighted by Crippen LogP contribution is 2.33. The van der Waals surface area contributed by atoms with Crippen LogP contribution >= 0.6 is 0 Å². The minimum Gasteiger partial charge on any atom is -0.460 e. The number of benzene rings is 1. The van der Waals surface area contributed by atoms with Gasteiger partial charge in [-0.3, -0.25) is 0 Å². The number of halogens is 4. The molecule has 0 N–H and O–H groups in total. The van der Waals surface area contributed by atoms with E-state index in [4.69, 9.17) is 0 Å². The molecular formula is C12H8F4N2O3. The van der Waals surface area contributed by atoms with Gasteiger partial charge in [0.1, 0.15) is 5.82 Å². The monoisotopic (exact) mass is 304 g/mol. The molecule has 0 saturated heterocycles. The van der Waals surface area contributed by atoms with Crippen molar-refractivity contribution in [3.63, 3.8) is 0 Å². The summed E-state index contributed by atoms with van der Waals surface area (Å²) in [5, 5.41) is 3.29. The molecule has 0 aliphatic carbocycles. The fourth-order valence-corrected chi connectivity index (χ4v) is 1.49. The molecule has 0 atom stereocenters. The quantitative estimate of drug-likeness (QED) is 0.644. The predicted octanol–water partition coefficient (Wildman–Crippen LogP) is 3.07. The van der Waals surface area contributed by atoms with E-state index in [2.05, 4.69) is 19.4 Å². The maximum absolute atomic E-state index is 13.2. The molecule has 0 saturated carbocycles. The van der Waals surface area contributed by atoms with Gasteiger partial charge >= 0.3 is 12.1 Å². The van der Waals surface area contributed by atoms with Crippen LogP contribution in [0.25, 0.3) is 11.5 Å². The number of aromatic nitrogens is 2. The van der Waals surface area contributed by atoms with Crippen molar-refractivity contribution in [3.8, 4) is 11.5 Å². The number of carbonyl (C=O) groups is 1. The van der Waals surface area contributed by atoms with Gasteiger partial charge < -0.3 is 9.26 Å². The Labute approximate surface area is 115 Å². The summed E-state index contributed by atoms with van der Waals surface area (Å²) in [6.07, 6.45) is -4.86. The van der Waals surface area contributed by atoms with Crippen molar-refractivity contribution in [3.05, 3.63) is 35.4 Å². The van der Waals surface area contributed by atoms with Gasteiger partial charge in [-0.2, -0.15) is 18.2 Å². The third kappa shape index (κ3) is 3.18. The summed E-state index contributed by atoms with van der Waals surface area (Å²) in [5.41, 5.74) is -1.62. The second-order valence-corrected chi connectivity index (χ2v) is 3.84. The summed E-state index contributed by atoms with van der Waals surface area (Å²) >= 11 is 0. The SMILES string of the molecule is CCOC(=O)c1noc(-c2ccc(F)c(C(F)(F)F)c2)n1. The number of esters is 1. The van der Waals surface area contributed by atoms with Crippen LogP contribution in [0.5, 0.6) is 0 Å². The van der Waals surface area contributed by atoms with Crippen LogP contribution in [0.15, 0.2) is 22.7 Å². The summed E-state index contributed by atoms with van der Waals surface area (Å²) in [5.74, 6) is -3.06. The van der Waals surface area contributed by atoms with Gasteiger partial charge in [-0.15, -0.1) is 0 Å². The van der Waals surface area contributed by atoms with E-state index in [1.807, 2.05) is 0 Å². The summed E-state index contributed by atoms with van der Waals surface area (Å²) < 4.78 is 60.2. The van der Waals surface area contributed by atoms with Crippen molar-refractivity contribution in [2.45, 2.75) is 13.1 Å². The molecule has 21 heavy (non-hydrogen) atoms. The van der Waals surface area contributed by atoms with E-state index in [0.717, 1.165) is 6.07 Å². The highest BCUT2D eigenvalue weighted by Gasteiger charge is 2.34. The minimum atomic E-state index is -4.86. The fourth-order valence-electron chi connectivity index (χ4n) is 1.49. The molecule has 5 nitrogen and oxygen atoms in total. The van der Waals surface area contributed by atoms with Gasteiger partial charge in [0.15, 0.2) is 0 Å². The van der Waals surface area contributed by atoms with Crippen LogP contribution in [-0.2, 0) is 10.9 Å². The first-order valence-electron chi connectivity index (χ1n) is 5.71. The standard InChI is InChI=1S/C12H8F4N2O3/c1-2-20-11(19)9-17-10(21-18-9)6-3-4-8(13)7(5-6)12(14,15)16/h3-5H,2H2,1H3. The number of nitrogens with zero attached hydrogens (tertiary/aromatic N) is 2. The summed E-state index contributed by atoms with van der Waals surface area (Å²) in [7, 11) is 0. The van der Waals surface area contributed by atoms with Crippen LogP contribution in [0.2, 0.25) is 0 Å². The van der Waals surface area contributed by atoms with Gasteiger partial charge in [0.05, 0.1) is 12.2 Å². The van der Waals surface area contributed by atoms with Crippen LogP contribution in [-0.4, -0.2) is 22.7 Å². The zero-order valence-electron chi connectivity index (χ0n) is 10.6. The predicted molar refractivity (Wildman–Crippen MR) is 60.7 cm³/mol. The molecule has 0 amide bonds. The van der Waals surface area contributed by atoms with E-state index in [1.165, 1.54) is 0 Å². The Kier molecular flexibility index (Phi) is 3.92. The Morgan fingerprint density at radius 3 is 2.71 bits per heavy atom. The topological polar surface area (TPSA) is 65.2 Å². The first-order valence-corrected chi connectivity index (χ1v) is 5.71. The Morgan fingerprint density at radius 2 is 2.10 bits per heavy atom. The average Bonchev–Trinajstić information content (AvgIpc) is 2.88. The lowest BCUT2D eigenvalue weighted by Crippen LogP contribution is -2.08. The molecule has 112 valence electrons. The third-order valence-electron chi connectivity index (χ3n) is 2.40. The number of hydrogen-bond acceptors (Lipinski definition) is 5. The Bertz CT molecular complexity index is 667. The molecule has 0 unspecified atom stereocenters. The van der Waals surface area contributed by atoms with Crippen molar-refractivity contribution in [2.24, 2.45) is 0 Å². The molecule has 9 heteroatoms. The Morgan fingerprint density at radius 1 is 1.38 bits per heavy atom. The summed E-state index contributed by atoms with van der Waals surface area (Å²) in [6.45, 7) is 1.64. The molecule has 0 spiro atoms. The second kappa shape index (κ2) is 5.51. The molecule has 2 rings (SSSR count). The van der Waals surface area contributed by atoms with E-state index in [-0.39, 0.29) is 18.1 Å². The van der Waals surface area contributed by atoms with Gasteiger partial charge in [-0.25, -0.2) is 9.18 Å². The molecule has 2 aromatic rings. The smallest absolute Gasteiger partial charge is 0.419 e. The molecule has 0 radical (unpaired) electrons. The van der Waals surface area contributed by atoms with Gasteiger partial charge in [-0.05, 0) is 30.3 Å². The molecule has 1 heterocycles. The molecular weight excluding hydrogens is 296 g/mol. The van der Waals surface area contributed by atoms with Crippen molar-refractivity contribution < 1.29 is 31.6 Å². The van der Waals surface area contributed by atoms with E-state index < -0.39 is 29.4 Å². The first kappa shape index (κ1) is 14.9. The van der Waals surface area contributed by atoms with Crippen molar-refractivity contribution in [1.29, 1.82) is 0 Å². The van der Waals surface area contributed by atoms with Gasteiger partial charge in [-0.1, -0.05) is 0 Å². The number of rotatable bonds is 3. The lowest BCUT2D eigenvalue weighted by Gasteiger charge is -2.08. The van der Waals surface area contributed by atoms with Crippen LogP contribution in [0.3, 0.4) is 0 Å². The number of ether oxygens (including phenoxy) is 1. The van der Waals surface area contributed by atoms with Crippen LogP contribution in [0.1, 0.15) is 23.1 Å². The van der Waals surface area contributed by atoms with Crippen molar-refractivity contribution in [2.75, 3.05) is 6.61 Å². The summed E-state index contributed by atoms with van der Waals surface area (Å²) in [4.78, 5) is 14.9. The normalized spacial score (nSPS) is 11.5. The van der Waals surface area contributed by atoms with E-state index in [1.54, 1.807) is 6.92 Å². The Balaban J connectivity index is 2.37. The third-order valence-corrected chi connectivity index (χ3v) is 2.40. The van der Waals surface area contributed by atoms with Gasteiger partial charge in [0.25, 0.3) is 11.7 Å². The number of alkyl halides is 3. The van der Waals surface area contributed by atoms with Crippen molar-refractivity contribution >= 4 is 5.97 Å². The largest absolute Gasteiger partial charge is 0.460 e. The second-order valence-electron chi connectivity index (χ2n) is 3.84. The Hall–Kier alpha value is -2.45. The van der Waals surface area contributed by atoms with Crippen molar-refractivity contribution in [1.82, 2.24) is 10.1 Å². The van der Waals surface area contributed by atoms with Gasteiger partial charge in [0.2, 0.25) is 0 Å². The molecule has 1 aromatic carbocycles. The van der Waals surface area contributed by atoms with Crippen LogP contribution < -0.4 is 0 Å². The van der Waals surface area contributed by atoms with Gasteiger partial charge in [0, 0.05) is 5.56 Å². The van der Waals surface area contributed by atoms with Crippen LogP contribution in [0.4, 0.5) is 17.6 Å². The minimum absolute atomic E-state index is 0.0808. The molecule has 1 aromatic heterocycles. The highest BCUT2D eigenvalue weighted by atomic mass is 19.4. The fraction of sp³-hybridized carbons (Fsp3) is 0.250. The van der Waals surface area contributed by atoms with Crippen LogP contribution in [0, 0.1) is 5.82 Å². The molecule has 0 fully saturated rings. The summed E-state index contributed by atoms with van der Waals surface area (Å²) in [6, 6.07) is 2.19. The lowest BCUT2D eigenvalue weighted by atomic mass is 10.1. The maximum Gasteiger partial charge on any atom is 0.419 e. The first-order chi connectivity index (χ1) is 9.82.